The number of thioether (sulfide) groups is 1. The van der Waals surface area contributed by atoms with Crippen molar-refractivity contribution in [2.45, 2.75) is 69.3 Å². The monoisotopic (exact) mass is 365 g/mol. The molecule has 2 heterocycles. The molecule has 3 rings (SSSR count). The van der Waals surface area contributed by atoms with E-state index in [-0.39, 0.29) is 22.3 Å². The lowest BCUT2D eigenvalue weighted by Crippen LogP contribution is -2.44. The van der Waals surface area contributed by atoms with Gasteiger partial charge in [-0.25, -0.2) is 4.98 Å². The largest absolute Gasteiger partial charge is 0.351 e. The van der Waals surface area contributed by atoms with E-state index < -0.39 is 0 Å². The van der Waals surface area contributed by atoms with Crippen LogP contribution in [0.15, 0.2) is 9.95 Å². The first-order valence-electron chi connectivity index (χ1n) is 8.28. The van der Waals surface area contributed by atoms with Gasteiger partial charge in [-0.05, 0) is 58.9 Å². The zero-order valence-corrected chi connectivity index (χ0v) is 16.1. The minimum atomic E-state index is -0.320. The number of aromatic nitrogens is 2. The van der Waals surface area contributed by atoms with Gasteiger partial charge in [0.1, 0.15) is 4.83 Å². The Bertz CT molecular complexity index is 833. The minimum Gasteiger partial charge on any atom is -0.351 e. The van der Waals surface area contributed by atoms with Gasteiger partial charge < -0.3 is 10.3 Å². The highest BCUT2D eigenvalue weighted by Crippen LogP contribution is 2.34. The van der Waals surface area contributed by atoms with Gasteiger partial charge in [-0.15, -0.1) is 11.3 Å². The topological polar surface area (TPSA) is 74.8 Å². The lowest BCUT2D eigenvalue weighted by atomic mass is 9.97. The predicted octanol–water partition coefficient (Wildman–Crippen LogP) is 3.26. The molecule has 0 radical (unpaired) electrons. The summed E-state index contributed by atoms with van der Waals surface area (Å²) in [4.78, 5) is 34.3. The summed E-state index contributed by atoms with van der Waals surface area (Å²) < 4.78 is 0. The minimum absolute atomic E-state index is 0.0549. The molecule has 0 aromatic carbocycles. The normalized spacial score (nSPS) is 16.0. The van der Waals surface area contributed by atoms with Gasteiger partial charge in [-0.2, -0.15) is 0 Å². The van der Waals surface area contributed by atoms with Crippen molar-refractivity contribution in [3.63, 3.8) is 0 Å². The van der Waals surface area contributed by atoms with Gasteiger partial charge in [0, 0.05) is 10.4 Å². The van der Waals surface area contributed by atoms with Gasteiger partial charge in [0.25, 0.3) is 5.56 Å². The van der Waals surface area contributed by atoms with Crippen LogP contribution in [0.4, 0.5) is 0 Å². The number of fused-ring (bicyclic) bond motifs is 3. The van der Waals surface area contributed by atoms with E-state index in [1.54, 1.807) is 11.3 Å². The molecule has 1 aliphatic carbocycles. The van der Waals surface area contributed by atoms with Gasteiger partial charge in [-0.1, -0.05) is 11.8 Å². The van der Waals surface area contributed by atoms with E-state index in [4.69, 9.17) is 0 Å². The number of hydrogen-bond acceptors (Lipinski definition) is 5. The standard InChI is InChI=1S/C17H23N3O2S2/c1-9(13(21)20-17(2,3)4)23-16-18-14(22)12-10-7-5-6-8-11(10)24-15(12)19-16/h9H,5-8H2,1-4H3,(H,20,21)(H,18,19,22). The molecular formula is C17H23N3O2S2. The highest BCUT2D eigenvalue weighted by atomic mass is 32.2. The van der Waals surface area contributed by atoms with Crippen LogP contribution in [-0.4, -0.2) is 26.7 Å². The van der Waals surface area contributed by atoms with Gasteiger partial charge in [0.15, 0.2) is 5.16 Å². The lowest BCUT2D eigenvalue weighted by Gasteiger charge is -2.22. The molecule has 1 amide bonds. The molecule has 0 bridgehead atoms. The molecule has 0 saturated carbocycles. The number of hydrogen-bond donors (Lipinski definition) is 2. The van der Waals surface area contributed by atoms with E-state index in [1.807, 2.05) is 27.7 Å². The average Bonchev–Trinajstić information content (AvgIpc) is 2.83. The fourth-order valence-electron chi connectivity index (χ4n) is 2.89. The summed E-state index contributed by atoms with van der Waals surface area (Å²) in [5.74, 6) is -0.0549. The van der Waals surface area contributed by atoms with Gasteiger partial charge in [-0.3, -0.25) is 9.59 Å². The maximum Gasteiger partial charge on any atom is 0.260 e. The third-order valence-electron chi connectivity index (χ3n) is 3.96. The number of nitrogens with zero attached hydrogens (tertiary/aromatic N) is 1. The molecule has 24 heavy (non-hydrogen) atoms. The molecule has 0 aliphatic heterocycles. The van der Waals surface area contributed by atoms with Crippen LogP contribution in [0.25, 0.3) is 10.2 Å². The number of H-pyrrole nitrogens is 1. The summed E-state index contributed by atoms with van der Waals surface area (Å²) in [5.41, 5.74) is 0.833. The van der Waals surface area contributed by atoms with Crippen LogP contribution in [0.5, 0.6) is 0 Å². The summed E-state index contributed by atoms with van der Waals surface area (Å²) in [6, 6.07) is 0. The van der Waals surface area contributed by atoms with E-state index in [0.717, 1.165) is 29.5 Å². The fraction of sp³-hybridized carbons (Fsp3) is 0.588. The molecule has 0 spiro atoms. The molecule has 2 aromatic heterocycles. The number of aryl methyl sites for hydroxylation is 2. The van der Waals surface area contributed by atoms with Crippen LogP contribution in [-0.2, 0) is 17.6 Å². The van der Waals surface area contributed by atoms with E-state index in [2.05, 4.69) is 15.3 Å². The highest BCUT2D eigenvalue weighted by molar-refractivity contribution is 8.00. The first-order valence-corrected chi connectivity index (χ1v) is 9.97. The average molecular weight is 366 g/mol. The van der Waals surface area contributed by atoms with Crippen molar-refractivity contribution >= 4 is 39.2 Å². The molecule has 5 nitrogen and oxygen atoms in total. The fourth-order valence-corrected chi connectivity index (χ4v) is 5.01. The van der Waals surface area contributed by atoms with Crippen LogP contribution < -0.4 is 10.9 Å². The summed E-state index contributed by atoms with van der Waals surface area (Å²) >= 11 is 2.92. The first kappa shape index (κ1) is 17.5. The highest BCUT2D eigenvalue weighted by Gasteiger charge is 2.23. The van der Waals surface area contributed by atoms with Crippen molar-refractivity contribution < 1.29 is 4.79 Å². The third-order valence-corrected chi connectivity index (χ3v) is 6.13. The maximum atomic E-state index is 12.5. The summed E-state index contributed by atoms with van der Waals surface area (Å²) in [7, 11) is 0. The Hall–Kier alpha value is -1.34. The summed E-state index contributed by atoms with van der Waals surface area (Å²) in [6.07, 6.45) is 4.34. The molecule has 1 atom stereocenters. The van der Waals surface area contributed by atoms with Crippen LogP contribution >= 0.6 is 23.1 Å². The quantitative estimate of drug-likeness (QED) is 0.647. The molecule has 1 aliphatic rings. The summed E-state index contributed by atoms with van der Waals surface area (Å²) in [5, 5.41) is 3.91. The number of amides is 1. The zero-order chi connectivity index (χ0) is 17.5. The summed E-state index contributed by atoms with van der Waals surface area (Å²) in [6.45, 7) is 7.68. The zero-order valence-electron chi connectivity index (χ0n) is 14.5. The number of carbonyl (C=O) groups is 1. The molecule has 0 saturated heterocycles. The van der Waals surface area contributed by atoms with Crippen LogP contribution in [0, 0.1) is 0 Å². The van der Waals surface area contributed by atoms with E-state index >= 15 is 0 Å². The van der Waals surface area contributed by atoms with Crippen LogP contribution in [0.2, 0.25) is 0 Å². The van der Waals surface area contributed by atoms with Crippen molar-refractivity contribution in [2.24, 2.45) is 0 Å². The molecule has 1 unspecified atom stereocenters. The van der Waals surface area contributed by atoms with Crippen molar-refractivity contribution in [2.75, 3.05) is 0 Å². The smallest absolute Gasteiger partial charge is 0.260 e. The number of thiophene rings is 1. The van der Waals surface area contributed by atoms with Gasteiger partial charge in [0.2, 0.25) is 5.91 Å². The van der Waals surface area contributed by atoms with Crippen LogP contribution in [0.1, 0.15) is 51.0 Å². The SMILES string of the molecule is CC(Sc1nc2sc3c(c2c(=O)[nH]1)CCCC3)C(=O)NC(C)(C)C. The van der Waals surface area contributed by atoms with Crippen molar-refractivity contribution in [3.05, 3.63) is 20.8 Å². The van der Waals surface area contributed by atoms with Crippen LogP contribution in [0.3, 0.4) is 0 Å². The van der Waals surface area contributed by atoms with E-state index in [1.165, 1.54) is 28.6 Å². The second-order valence-corrected chi connectivity index (χ2v) is 9.67. The molecule has 130 valence electrons. The lowest BCUT2D eigenvalue weighted by molar-refractivity contribution is -0.121. The Morgan fingerprint density at radius 2 is 2.04 bits per heavy atom. The number of nitrogens with one attached hydrogen (secondary N) is 2. The van der Waals surface area contributed by atoms with Crippen molar-refractivity contribution in [1.82, 2.24) is 15.3 Å². The maximum absolute atomic E-state index is 12.5. The predicted molar refractivity (Wildman–Crippen MR) is 100 cm³/mol. The molecular weight excluding hydrogens is 342 g/mol. The Balaban J connectivity index is 1.86. The molecule has 0 fully saturated rings. The van der Waals surface area contributed by atoms with Crippen molar-refractivity contribution in [3.8, 4) is 0 Å². The second-order valence-electron chi connectivity index (χ2n) is 7.26. The van der Waals surface area contributed by atoms with Gasteiger partial charge in [0.05, 0.1) is 10.6 Å². The Morgan fingerprint density at radius 1 is 1.33 bits per heavy atom. The molecule has 2 N–H and O–H groups in total. The number of aromatic amines is 1. The Morgan fingerprint density at radius 3 is 2.75 bits per heavy atom. The van der Waals surface area contributed by atoms with E-state index in [0.29, 0.717) is 5.16 Å². The Labute approximate surface area is 149 Å². The first-order chi connectivity index (χ1) is 11.2. The molecule has 2 aromatic rings. The Kier molecular flexibility index (Phi) is 4.75. The number of carbonyl (C=O) groups excluding carboxylic acids is 1. The van der Waals surface area contributed by atoms with E-state index in [9.17, 15) is 9.59 Å². The van der Waals surface area contributed by atoms with Gasteiger partial charge >= 0.3 is 0 Å². The second kappa shape index (κ2) is 6.52. The van der Waals surface area contributed by atoms with Crippen molar-refractivity contribution in [1.29, 1.82) is 0 Å². The number of rotatable bonds is 3. The third kappa shape index (κ3) is 3.67. The molecule has 7 heteroatoms.